The first kappa shape index (κ1) is 19.3. The molecule has 1 saturated heterocycles. The molecule has 4 rings (SSSR count). The number of benzene rings is 1. The summed E-state index contributed by atoms with van der Waals surface area (Å²) in [5, 5.41) is 7.71. The molecule has 3 heterocycles. The molecule has 28 heavy (non-hydrogen) atoms. The number of hydrogen-bond acceptors (Lipinski definition) is 6. The van der Waals surface area contributed by atoms with Gasteiger partial charge in [0, 0.05) is 56.4 Å². The van der Waals surface area contributed by atoms with E-state index in [1.807, 2.05) is 0 Å². The van der Waals surface area contributed by atoms with Gasteiger partial charge in [-0.2, -0.15) is 0 Å². The molecule has 5 nitrogen and oxygen atoms in total. The van der Waals surface area contributed by atoms with Gasteiger partial charge in [0.2, 0.25) is 0 Å². The Morgan fingerprint density at radius 2 is 2.11 bits per heavy atom. The topological polar surface area (TPSA) is 48.9 Å². The number of anilines is 2. The summed E-state index contributed by atoms with van der Waals surface area (Å²) in [5.41, 5.74) is 1.90. The summed E-state index contributed by atoms with van der Waals surface area (Å²) in [6.45, 7) is 5.23. The summed E-state index contributed by atoms with van der Waals surface area (Å²) in [4.78, 5) is 8.25. The number of piperazine rings is 1. The van der Waals surface area contributed by atoms with E-state index in [-0.39, 0.29) is 0 Å². The summed E-state index contributed by atoms with van der Waals surface area (Å²) < 4.78 is 32.9. The molecule has 1 aromatic heterocycles. The van der Waals surface area contributed by atoms with E-state index in [0.717, 1.165) is 48.9 Å². The largest absolute Gasteiger partial charge is 0.385 e. The maximum absolute atomic E-state index is 13.9. The number of aryl methyl sites for hydroxylation is 1. The zero-order valence-electron chi connectivity index (χ0n) is 16.0. The molecule has 2 aliphatic heterocycles. The number of aliphatic imine (C=N–C) groups is 1. The SMILES string of the molecule is CCc1cc2c(s1)Nc1cc(F)c(F)cc1N=C2N1CCNC(CCOC)C1. The van der Waals surface area contributed by atoms with Crippen molar-refractivity contribution in [2.45, 2.75) is 25.8 Å². The number of fused-ring (bicyclic) bond motifs is 2. The van der Waals surface area contributed by atoms with Crippen molar-refractivity contribution in [2.75, 3.05) is 38.7 Å². The van der Waals surface area contributed by atoms with Gasteiger partial charge >= 0.3 is 0 Å². The molecule has 8 heteroatoms. The average molecular weight is 407 g/mol. The van der Waals surface area contributed by atoms with Crippen LogP contribution >= 0.6 is 11.3 Å². The van der Waals surface area contributed by atoms with Crippen LogP contribution in [0.15, 0.2) is 23.2 Å². The molecule has 0 radical (unpaired) electrons. The van der Waals surface area contributed by atoms with Crippen LogP contribution in [0.1, 0.15) is 23.8 Å². The zero-order chi connectivity index (χ0) is 19.7. The van der Waals surface area contributed by atoms with Crippen LogP contribution in [-0.4, -0.2) is 50.1 Å². The number of nitrogens with one attached hydrogen (secondary N) is 2. The molecule has 0 spiro atoms. The second kappa shape index (κ2) is 8.14. The first-order valence-corrected chi connectivity index (χ1v) is 10.4. The Hall–Kier alpha value is -2.03. The van der Waals surface area contributed by atoms with Crippen molar-refractivity contribution in [2.24, 2.45) is 4.99 Å². The minimum Gasteiger partial charge on any atom is -0.385 e. The smallest absolute Gasteiger partial charge is 0.161 e. The van der Waals surface area contributed by atoms with Crippen molar-refractivity contribution < 1.29 is 13.5 Å². The Kier molecular flexibility index (Phi) is 5.61. The van der Waals surface area contributed by atoms with Gasteiger partial charge in [-0.05, 0) is 18.9 Å². The highest BCUT2D eigenvalue weighted by atomic mass is 32.1. The van der Waals surface area contributed by atoms with E-state index in [1.165, 1.54) is 17.0 Å². The van der Waals surface area contributed by atoms with Crippen LogP contribution in [0.5, 0.6) is 0 Å². The fraction of sp³-hybridized carbons (Fsp3) is 0.450. The molecular weight excluding hydrogens is 382 g/mol. The Morgan fingerprint density at radius 3 is 2.89 bits per heavy atom. The number of hydrogen-bond donors (Lipinski definition) is 2. The van der Waals surface area contributed by atoms with Crippen molar-refractivity contribution in [1.29, 1.82) is 0 Å². The van der Waals surface area contributed by atoms with Crippen LogP contribution < -0.4 is 10.6 Å². The van der Waals surface area contributed by atoms with Gasteiger partial charge in [-0.15, -0.1) is 11.3 Å². The molecule has 2 aromatic rings. The van der Waals surface area contributed by atoms with Crippen LogP contribution in [0.3, 0.4) is 0 Å². The summed E-state index contributed by atoms with van der Waals surface area (Å²) >= 11 is 1.63. The molecule has 1 unspecified atom stereocenters. The molecule has 2 N–H and O–H groups in total. The lowest BCUT2D eigenvalue weighted by molar-refractivity contribution is 0.168. The maximum Gasteiger partial charge on any atom is 0.161 e. The number of ether oxygens (including phenoxy) is 1. The van der Waals surface area contributed by atoms with E-state index >= 15 is 0 Å². The maximum atomic E-state index is 13.9. The van der Waals surface area contributed by atoms with Crippen molar-refractivity contribution >= 4 is 33.5 Å². The van der Waals surface area contributed by atoms with Crippen molar-refractivity contribution in [3.63, 3.8) is 0 Å². The van der Waals surface area contributed by atoms with Gasteiger partial charge in [0.25, 0.3) is 0 Å². The van der Waals surface area contributed by atoms with Crippen molar-refractivity contribution in [3.8, 4) is 0 Å². The number of rotatable bonds is 4. The third-order valence-corrected chi connectivity index (χ3v) is 6.31. The van der Waals surface area contributed by atoms with Gasteiger partial charge < -0.3 is 20.3 Å². The molecule has 2 aliphatic rings. The number of halogens is 2. The van der Waals surface area contributed by atoms with Gasteiger partial charge in [0.15, 0.2) is 11.6 Å². The van der Waals surface area contributed by atoms with Crippen LogP contribution in [0, 0.1) is 11.6 Å². The monoisotopic (exact) mass is 406 g/mol. The molecule has 1 aromatic carbocycles. The number of thiophene rings is 1. The lowest BCUT2D eigenvalue weighted by atomic mass is 10.1. The Labute approximate surface area is 167 Å². The number of amidine groups is 1. The quantitative estimate of drug-likeness (QED) is 0.805. The van der Waals surface area contributed by atoms with Crippen LogP contribution in [-0.2, 0) is 11.2 Å². The number of methoxy groups -OCH3 is 1. The average Bonchev–Trinajstić information content (AvgIpc) is 3.04. The Balaban J connectivity index is 1.75. The zero-order valence-corrected chi connectivity index (χ0v) is 16.8. The third-order valence-electron chi connectivity index (χ3n) is 5.11. The molecule has 0 amide bonds. The number of nitrogens with zero attached hydrogens (tertiary/aromatic N) is 2. The Morgan fingerprint density at radius 1 is 1.29 bits per heavy atom. The van der Waals surface area contributed by atoms with Crippen LogP contribution in [0.25, 0.3) is 0 Å². The van der Waals surface area contributed by atoms with E-state index in [4.69, 9.17) is 9.73 Å². The Bertz CT molecular complexity index is 899. The van der Waals surface area contributed by atoms with Crippen molar-refractivity contribution in [3.05, 3.63) is 40.3 Å². The van der Waals surface area contributed by atoms with Crippen molar-refractivity contribution in [1.82, 2.24) is 10.2 Å². The predicted molar refractivity (Wildman–Crippen MR) is 109 cm³/mol. The van der Waals surface area contributed by atoms with E-state index in [9.17, 15) is 8.78 Å². The van der Waals surface area contributed by atoms with Crippen LogP contribution in [0.4, 0.5) is 25.2 Å². The highest BCUT2D eigenvalue weighted by molar-refractivity contribution is 7.16. The third kappa shape index (κ3) is 3.76. The molecular formula is C20H24F2N4OS. The minimum atomic E-state index is -0.888. The standard InChI is InChI=1S/C20H24F2N4OS/c1-3-13-8-14-19(26-6-5-23-12(11-26)4-7-27-2)24-17-9-15(21)16(22)10-18(17)25-20(14)28-13/h8-10,12,23,25H,3-7,11H2,1-2H3. The molecule has 150 valence electrons. The van der Waals surface area contributed by atoms with Crippen LogP contribution in [0.2, 0.25) is 0 Å². The first-order chi connectivity index (χ1) is 13.6. The summed E-state index contributed by atoms with van der Waals surface area (Å²) in [7, 11) is 1.70. The highest BCUT2D eigenvalue weighted by Crippen LogP contribution is 2.40. The normalized spacial score (nSPS) is 18.8. The van der Waals surface area contributed by atoms with Gasteiger partial charge in [-0.1, -0.05) is 6.92 Å². The first-order valence-electron chi connectivity index (χ1n) is 9.54. The highest BCUT2D eigenvalue weighted by Gasteiger charge is 2.28. The lowest BCUT2D eigenvalue weighted by Crippen LogP contribution is -2.53. The van der Waals surface area contributed by atoms with E-state index < -0.39 is 11.6 Å². The second-order valence-corrected chi connectivity index (χ2v) is 8.17. The van der Waals surface area contributed by atoms with E-state index in [2.05, 4.69) is 28.5 Å². The fourth-order valence-corrected chi connectivity index (χ4v) is 4.62. The molecule has 0 saturated carbocycles. The van der Waals surface area contributed by atoms with Gasteiger partial charge in [0.05, 0.1) is 16.9 Å². The van der Waals surface area contributed by atoms with E-state index in [0.29, 0.717) is 24.0 Å². The molecule has 1 fully saturated rings. The summed E-state index contributed by atoms with van der Waals surface area (Å²) in [6, 6.07) is 4.78. The van der Waals surface area contributed by atoms with Gasteiger partial charge in [-0.3, -0.25) is 0 Å². The fourth-order valence-electron chi connectivity index (χ4n) is 3.61. The molecule has 0 aliphatic carbocycles. The lowest BCUT2D eigenvalue weighted by Gasteiger charge is -2.35. The molecule has 1 atom stereocenters. The second-order valence-electron chi connectivity index (χ2n) is 7.03. The molecule has 0 bridgehead atoms. The van der Waals surface area contributed by atoms with E-state index in [1.54, 1.807) is 18.4 Å². The minimum absolute atomic E-state index is 0.296. The summed E-state index contributed by atoms with van der Waals surface area (Å²) in [5.74, 6) is -0.950. The predicted octanol–water partition coefficient (Wildman–Crippen LogP) is 4.03. The van der Waals surface area contributed by atoms with Gasteiger partial charge in [0.1, 0.15) is 10.8 Å². The van der Waals surface area contributed by atoms with Gasteiger partial charge in [-0.25, -0.2) is 13.8 Å². The summed E-state index contributed by atoms with van der Waals surface area (Å²) in [6.07, 6.45) is 1.82.